The third kappa shape index (κ3) is 3.07. The number of hydrogen-bond acceptors (Lipinski definition) is 3. The zero-order chi connectivity index (χ0) is 13.8. The van der Waals surface area contributed by atoms with Crippen LogP contribution in [0, 0.1) is 12.8 Å². The van der Waals surface area contributed by atoms with Gasteiger partial charge in [-0.2, -0.15) is 0 Å². The summed E-state index contributed by atoms with van der Waals surface area (Å²) in [7, 11) is 1.61. The highest BCUT2D eigenvalue weighted by atomic mass is 16.5. The number of methoxy groups -OCH3 is 1. The summed E-state index contributed by atoms with van der Waals surface area (Å²) >= 11 is 0. The van der Waals surface area contributed by atoms with Gasteiger partial charge in [0.25, 0.3) is 5.91 Å². The van der Waals surface area contributed by atoms with Crippen molar-refractivity contribution >= 4 is 5.91 Å². The van der Waals surface area contributed by atoms with Crippen molar-refractivity contribution in [3.05, 3.63) is 29.3 Å². The molecule has 0 atom stereocenters. The molecule has 1 aromatic rings. The van der Waals surface area contributed by atoms with Gasteiger partial charge < -0.3 is 14.7 Å². The van der Waals surface area contributed by atoms with Crippen LogP contribution in [0.15, 0.2) is 18.2 Å². The standard InChI is InChI=1S/C15H21NO3/c1-11-3-4-13(9-14(11)19-2)15(18)16-7-5-12(10-17)6-8-16/h3-4,9,12,17H,5-8,10H2,1-2H3. The summed E-state index contributed by atoms with van der Waals surface area (Å²) in [4.78, 5) is 14.2. The van der Waals surface area contributed by atoms with Gasteiger partial charge in [0.2, 0.25) is 0 Å². The van der Waals surface area contributed by atoms with Gasteiger partial charge in [0.1, 0.15) is 5.75 Å². The number of benzene rings is 1. The van der Waals surface area contributed by atoms with Gasteiger partial charge in [0.05, 0.1) is 7.11 Å². The van der Waals surface area contributed by atoms with E-state index in [0.717, 1.165) is 37.2 Å². The summed E-state index contributed by atoms with van der Waals surface area (Å²) < 4.78 is 5.25. The molecule has 1 amide bonds. The lowest BCUT2D eigenvalue weighted by Gasteiger charge is -2.31. The number of aryl methyl sites for hydroxylation is 1. The molecule has 0 aromatic heterocycles. The number of piperidine rings is 1. The number of nitrogens with zero attached hydrogens (tertiary/aromatic N) is 1. The van der Waals surface area contributed by atoms with Crippen LogP contribution in [-0.2, 0) is 0 Å². The lowest BCUT2D eigenvalue weighted by Crippen LogP contribution is -2.39. The molecule has 104 valence electrons. The molecular weight excluding hydrogens is 242 g/mol. The monoisotopic (exact) mass is 263 g/mol. The number of rotatable bonds is 3. The molecule has 0 radical (unpaired) electrons. The highest BCUT2D eigenvalue weighted by molar-refractivity contribution is 5.94. The van der Waals surface area contributed by atoms with Crippen molar-refractivity contribution in [3.8, 4) is 5.75 Å². The Morgan fingerprint density at radius 1 is 1.42 bits per heavy atom. The molecular formula is C15H21NO3. The fraction of sp³-hybridized carbons (Fsp3) is 0.533. The Hall–Kier alpha value is -1.55. The fourth-order valence-electron chi connectivity index (χ4n) is 2.45. The molecule has 1 aliphatic heterocycles. The van der Waals surface area contributed by atoms with Gasteiger partial charge in [0.15, 0.2) is 0 Å². The summed E-state index contributed by atoms with van der Waals surface area (Å²) in [6, 6.07) is 5.56. The quantitative estimate of drug-likeness (QED) is 0.905. The first-order valence-electron chi connectivity index (χ1n) is 6.70. The highest BCUT2D eigenvalue weighted by Crippen LogP contribution is 2.22. The van der Waals surface area contributed by atoms with Gasteiger partial charge in [-0.1, -0.05) is 6.07 Å². The van der Waals surface area contributed by atoms with Crippen molar-refractivity contribution in [1.29, 1.82) is 0 Å². The molecule has 0 saturated carbocycles. The average molecular weight is 263 g/mol. The molecule has 1 fully saturated rings. The summed E-state index contributed by atoms with van der Waals surface area (Å²) in [5.41, 5.74) is 1.70. The normalized spacial score (nSPS) is 16.5. The van der Waals surface area contributed by atoms with Gasteiger partial charge in [-0.15, -0.1) is 0 Å². The van der Waals surface area contributed by atoms with E-state index in [1.54, 1.807) is 13.2 Å². The van der Waals surface area contributed by atoms with E-state index in [1.807, 2.05) is 24.0 Å². The molecule has 1 heterocycles. The molecule has 19 heavy (non-hydrogen) atoms. The van der Waals surface area contributed by atoms with Gasteiger partial charge in [-0.3, -0.25) is 4.79 Å². The maximum absolute atomic E-state index is 12.4. The number of aliphatic hydroxyl groups excluding tert-OH is 1. The van der Waals surface area contributed by atoms with Crippen LogP contribution in [0.2, 0.25) is 0 Å². The number of likely N-dealkylation sites (tertiary alicyclic amines) is 1. The van der Waals surface area contributed by atoms with Crippen molar-refractivity contribution in [2.24, 2.45) is 5.92 Å². The van der Waals surface area contributed by atoms with E-state index in [1.165, 1.54) is 0 Å². The third-order valence-electron chi connectivity index (χ3n) is 3.81. The lowest BCUT2D eigenvalue weighted by atomic mass is 9.97. The number of aliphatic hydroxyl groups is 1. The first-order chi connectivity index (χ1) is 9.15. The van der Waals surface area contributed by atoms with Crippen molar-refractivity contribution < 1.29 is 14.6 Å². The van der Waals surface area contributed by atoms with E-state index < -0.39 is 0 Å². The summed E-state index contributed by atoms with van der Waals surface area (Å²) in [6.45, 7) is 3.63. The second kappa shape index (κ2) is 6.06. The van der Waals surface area contributed by atoms with Crippen LogP contribution >= 0.6 is 0 Å². The topological polar surface area (TPSA) is 49.8 Å². The van der Waals surface area contributed by atoms with Crippen LogP contribution in [-0.4, -0.2) is 42.7 Å². The number of hydrogen-bond donors (Lipinski definition) is 1. The molecule has 0 bridgehead atoms. The molecule has 1 aliphatic rings. The van der Waals surface area contributed by atoms with E-state index >= 15 is 0 Å². The Kier molecular flexibility index (Phi) is 4.43. The van der Waals surface area contributed by atoms with Crippen LogP contribution in [0.25, 0.3) is 0 Å². The Balaban J connectivity index is 2.08. The number of ether oxygens (including phenoxy) is 1. The van der Waals surface area contributed by atoms with Crippen LogP contribution in [0.3, 0.4) is 0 Å². The van der Waals surface area contributed by atoms with Gasteiger partial charge in [-0.05, 0) is 43.4 Å². The second-order valence-corrected chi connectivity index (χ2v) is 5.10. The molecule has 2 rings (SSSR count). The van der Waals surface area contributed by atoms with Crippen LogP contribution < -0.4 is 4.74 Å². The predicted molar refractivity (Wildman–Crippen MR) is 73.4 cm³/mol. The number of carbonyl (C=O) groups is 1. The van der Waals surface area contributed by atoms with Gasteiger partial charge in [-0.25, -0.2) is 0 Å². The fourth-order valence-corrected chi connectivity index (χ4v) is 2.45. The molecule has 4 heteroatoms. The largest absolute Gasteiger partial charge is 0.496 e. The molecule has 1 N–H and O–H groups in total. The number of carbonyl (C=O) groups excluding carboxylic acids is 1. The van der Waals surface area contributed by atoms with Crippen LogP contribution in [0.5, 0.6) is 5.75 Å². The maximum Gasteiger partial charge on any atom is 0.253 e. The molecule has 0 spiro atoms. The minimum absolute atomic E-state index is 0.0506. The first-order valence-corrected chi connectivity index (χ1v) is 6.70. The maximum atomic E-state index is 12.4. The van der Waals surface area contributed by atoms with E-state index in [-0.39, 0.29) is 12.5 Å². The van der Waals surface area contributed by atoms with Crippen molar-refractivity contribution in [2.45, 2.75) is 19.8 Å². The van der Waals surface area contributed by atoms with E-state index in [9.17, 15) is 4.79 Å². The highest BCUT2D eigenvalue weighted by Gasteiger charge is 2.23. The zero-order valence-electron chi connectivity index (χ0n) is 11.6. The number of amides is 1. The zero-order valence-corrected chi connectivity index (χ0v) is 11.6. The molecule has 1 aromatic carbocycles. The SMILES string of the molecule is COc1cc(C(=O)N2CCC(CO)CC2)ccc1C. The van der Waals surface area contributed by atoms with E-state index in [0.29, 0.717) is 11.5 Å². The minimum Gasteiger partial charge on any atom is -0.496 e. The Morgan fingerprint density at radius 3 is 2.68 bits per heavy atom. The lowest BCUT2D eigenvalue weighted by molar-refractivity contribution is 0.0650. The van der Waals surface area contributed by atoms with Gasteiger partial charge in [0, 0.05) is 25.3 Å². The molecule has 1 saturated heterocycles. The van der Waals surface area contributed by atoms with Crippen molar-refractivity contribution in [1.82, 2.24) is 4.90 Å². The van der Waals surface area contributed by atoms with E-state index in [4.69, 9.17) is 9.84 Å². The first kappa shape index (κ1) is 13.9. The Bertz CT molecular complexity index is 451. The summed E-state index contributed by atoms with van der Waals surface area (Å²) in [5.74, 6) is 1.14. The van der Waals surface area contributed by atoms with Crippen LogP contribution in [0.1, 0.15) is 28.8 Å². The minimum atomic E-state index is 0.0506. The average Bonchev–Trinajstić information content (AvgIpc) is 2.47. The summed E-state index contributed by atoms with van der Waals surface area (Å²) in [5, 5.41) is 9.11. The Labute approximate surface area is 114 Å². The van der Waals surface area contributed by atoms with Gasteiger partial charge >= 0.3 is 0 Å². The van der Waals surface area contributed by atoms with Crippen molar-refractivity contribution in [3.63, 3.8) is 0 Å². The van der Waals surface area contributed by atoms with Crippen LogP contribution in [0.4, 0.5) is 0 Å². The predicted octanol–water partition coefficient (Wildman–Crippen LogP) is 1.85. The Morgan fingerprint density at radius 2 is 2.11 bits per heavy atom. The smallest absolute Gasteiger partial charge is 0.253 e. The summed E-state index contributed by atoms with van der Waals surface area (Å²) in [6.07, 6.45) is 1.76. The molecule has 4 nitrogen and oxygen atoms in total. The molecule has 0 unspecified atom stereocenters. The third-order valence-corrected chi connectivity index (χ3v) is 3.81. The van der Waals surface area contributed by atoms with Crippen molar-refractivity contribution in [2.75, 3.05) is 26.8 Å². The molecule has 0 aliphatic carbocycles. The van der Waals surface area contributed by atoms with E-state index in [2.05, 4.69) is 0 Å². The second-order valence-electron chi connectivity index (χ2n) is 5.10.